The first-order chi connectivity index (χ1) is 9.45. The van der Waals surface area contributed by atoms with Crippen molar-refractivity contribution in [3.05, 3.63) is 59.7 Å². The van der Waals surface area contributed by atoms with Crippen molar-refractivity contribution in [1.29, 1.82) is 0 Å². The molecule has 0 bridgehead atoms. The number of rotatable bonds is 4. The highest BCUT2D eigenvalue weighted by molar-refractivity contribution is 7.91. The second kappa shape index (κ2) is 5.64. The molecule has 0 spiro atoms. The fraction of sp³-hybridized carbons (Fsp3) is 0.200. The molecular weight excluding hydrogens is 274 g/mol. The summed E-state index contributed by atoms with van der Waals surface area (Å²) in [6.07, 6.45) is 0. The van der Waals surface area contributed by atoms with E-state index in [-0.39, 0.29) is 4.90 Å². The topological polar surface area (TPSA) is 69.4 Å². The molecule has 0 aliphatic carbocycles. The van der Waals surface area contributed by atoms with Crippen molar-refractivity contribution in [2.45, 2.75) is 17.2 Å². The van der Waals surface area contributed by atoms with E-state index in [2.05, 4.69) is 0 Å². The lowest BCUT2D eigenvalue weighted by Crippen LogP contribution is -2.21. The van der Waals surface area contributed by atoms with E-state index in [0.29, 0.717) is 11.3 Å². The van der Waals surface area contributed by atoms with Crippen LogP contribution in [0, 0.1) is 6.92 Å². The molecule has 4 nitrogen and oxygen atoms in total. The van der Waals surface area contributed by atoms with Crippen LogP contribution in [-0.2, 0) is 9.84 Å². The first kappa shape index (κ1) is 14.6. The zero-order valence-corrected chi connectivity index (χ0v) is 12.2. The standard InChI is InChI=1S/C15H17NO3S/c1-11-3-9-14(10-4-11)20(17,18)15(16)12-5-7-13(19-2)8-6-12/h3-10,15H,16H2,1-2H3. The third-order valence-corrected chi connectivity index (χ3v) is 5.00. The lowest BCUT2D eigenvalue weighted by molar-refractivity contribution is 0.414. The molecule has 0 radical (unpaired) electrons. The smallest absolute Gasteiger partial charge is 0.198 e. The van der Waals surface area contributed by atoms with Crippen LogP contribution in [0.4, 0.5) is 0 Å². The van der Waals surface area contributed by atoms with Gasteiger partial charge in [-0.2, -0.15) is 0 Å². The molecule has 0 saturated carbocycles. The van der Waals surface area contributed by atoms with Crippen molar-refractivity contribution in [3.8, 4) is 5.75 Å². The van der Waals surface area contributed by atoms with Gasteiger partial charge in [0.25, 0.3) is 0 Å². The number of nitrogens with two attached hydrogens (primary N) is 1. The Morgan fingerprint density at radius 2 is 1.55 bits per heavy atom. The predicted octanol–water partition coefficient (Wildman–Crippen LogP) is 2.43. The summed E-state index contributed by atoms with van der Waals surface area (Å²) < 4.78 is 29.9. The highest BCUT2D eigenvalue weighted by Gasteiger charge is 2.25. The van der Waals surface area contributed by atoms with Crippen LogP contribution in [0.5, 0.6) is 5.75 Å². The van der Waals surface area contributed by atoms with E-state index in [9.17, 15) is 8.42 Å². The van der Waals surface area contributed by atoms with Crippen molar-refractivity contribution in [3.63, 3.8) is 0 Å². The molecule has 1 unspecified atom stereocenters. The number of aryl methyl sites for hydroxylation is 1. The van der Waals surface area contributed by atoms with E-state index in [0.717, 1.165) is 5.56 Å². The average Bonchev–Trinajstić information content (AvgIpc) is 2.47. The van der Waals surface area contributed by atoms with Gasteiger partial charge in [0.15, 0.2) is 9.84 Å². The molecule has 5 heteroatoms. The van der Waals surface area contributed by atoms with Crippen LogP contribution in [0.15, 0.2) is 53.4 Å². The molecule has 0 heterocycles. The largest absolute Gasteiger partial charge is 0.497 e. The summed E-state index contributed by atoms with van der Waals surface area (Å²) in [5.74, 6) is 0.661. The van der Waals surface area contributed by atoms with Gasteiger partial charge in [-0.25, -0.2) is 8.42 Å². The molecule has 0 aliphatic rings. The second-order valence-electron chi connectivity index (χ2n) is 4.55. The molecule has 1 atom stereocenters. The monoisotopic (exact) mass is 291 g/mol. The van der Waals surface area contributed by atoms with E-state index in [1.54, 1.807) is 55.6 Å². The Labute approximate surface area is 119 Å². The number of sulfone groups is 1. The molecular formula is C15H17NO3S. The van der Waals surface area contributed by atoms with Gasteiger partial charge in [0.05, 0.1) is 12.0 Å². The van der Waals surface area contributed by atoms with Gasteiger partial charge in [-0.3, -0.25) is 0 Å². The Morgan fingerprint density at radius 1 is 1.00 bits per heavy atom. The second-order valence-corrected chi connectivity index (χ2v) is 6.62. The molecule has 2 N–H and O–H groups in total. The molecule has 2 rings (SSSR count). The van der Waals surface area contributed by atoms with Gasteiger partial charge in [-0.05, 0) is 36.8 Å². The molecule has 2 aromatic carbocycles. The maximum Gasteiger partial charge on any atom is 0.198 e. The third-order valence-electron chi connectivity index (χ3n) is 3.13. The van der Waals surface area contributed by atoms with Crippen molar-refractivity contribution in [2.24, 2.45) is 5.73 Å². The van der Waals surface area contributed by atoms with Crippen LogP contribution in [0.3, 0.4) is 0 Å². The Morgan fingerprint density at radius 3 is 2.05 bits per heavy atom. The molecule has 0 amide bonds. The highest BCUT2D eigenvalue weighted by atomic mass is 32.2. The normalized spacial score (nSPS) is 12.9. The molecule has 0 aromatic heterocycles. The molecule has 106 valence electrons. The number of hydrogen-bond acceptors (Lipinski definition) is 4. The van der Waals surface area contributed by atoms with E-state index in [4.69, 9.17) is 10.5 Å². The minimum absolute atomic E-state index is 0.228. The summed E-state index contributed by atoms with van der Waals surface area (Å²) in [5.41, 5.74) is 7.44. The van der Waals surface area contributed by atoms with Crippen molar-refractivity contribution < 1.29 is 13.2 Å². The predicted molar refractivity (Wildman–Crippen MR) is 78.3 cm³/mol. The lowest BCUT2D eigenvalue weighted by Gasteiger charge is -2.14. The van der Waals surface area contributed by atoms with Gasteiger partial charge in [0.2, 0.25) is 0 Å². The van der Waals surface area contributed by atoms with Gasteiger partial charge in [-0.15, -0.1) is 0 Å². The number of methoxy groups -OCH3 is 1. The van der Waals surface area contributed by atoms with E-state index in [1.807, 2.05) is 6.92 Å². The summed E-state index contributed by atoms with van der Waals surface area (Å²) in [6.45, 7) is 1.90. The van der Waals surface area contributed by atoms with Gasteiger partial charge in [0, 0.05) is 0 Å². The van der Waals surface area contributed by atoms with Gasteiger partial charge >= 0.3 is 0 Å². The van der Waals surface area contributed by atoms with E-state index < -0.39 is 15.2 Å². The Balaban J connectivity index is 2.35. The van der Waals surface area contributed by atoms with Crippen LogP contribution in [0.1, 0.15) is 16.5 Å². The van der Waals surface area contributed by atoms with Crippen LogP contribution in [-0.4, -0.2) is 15.5 Å². The van der Waals surface area contributed by atoms with Crippen LogP contribution >= 0.6 is 0 Å². The van der Waals surface area contributed by atoms with Crippen molar-refractivity contribution in [2.75, 3.05) is 7.11 Å². The molecule has 0 aliphatic heterocycles. The fourth-order valence-corrected chi connectivity index (χ4v) is 3.17. The Bertz CT molecular complexity index is 676. The zero-order chi connectivity index (χ0) is 14.8. The average molecular weight is 291 g/mol. The maximum atomic E-state index is 12.4. The Kier molecular flexibility index (Phi) is 4.11. The highest BCUT2D eigenvalue weighted by Crippen LogP contribution is 2.26. The van der Waals surface area contributed by atoms with Crippen molar-refractivity contribution in [1.82, 2.24) is 0 Å². The van der Waals surface area contributed by atoms with E-state index in [1.165, 1.54) is 0 Å². The van der Waals surface area contributed by atoms with Gasteiger partial charge in [0.1, 0.15) is 11.1 Å². The lowest BCUT2D eigenvalue weighted by atomic mass is 10.2. The van der Waals surface area contributed by atoms with Gasteiger partial charge in [-0.1, -0.05) is 29.8 Å². The summed E-state index contributed by atoms with van der Waals surface area (Å²) in [7, 11) is -2.04. The fourth-order valence-electron chi connectivity index (χ4n) is 1.85. The van der Waals surface area contributed by atoms with Crippen LogP contribution in [0.25, 0.3) is 0 Å². The number of hydrogen-bond donors (Lipinski definition) is 1. The first-order valence-corrected chi connectivity index (χ1v) is 7.70. The van der Waals surface area contributed by atoms with Crippen molar-refractivity contribution >= 4 is 9.84 Å². The number of ether oxygens (including phenoxy) is 1. The zero-order valence-electron chi connectivity index (χ0n) is 11.4. The summed E-state index contributed by atoms with van der Waals surface area (Å²) in [5, 5.41) is -1.09. The Hall–Kier alpha value is -1.85. The molecule has 0 fully saturated rings. The molecule has 2 aromatic rings. The van der Waals surface area contributed by atoms with Crippen LogP contribution < -0.4 is 10.5 Å². The van der Waals surface area contributed by atoms with Gasteiger partial charge < -0.3 is 10.5 Å². The first-order valence-electron chi connectivity index (χ1n) is 6.15. The minimum Gasteiger partial charge on any atom is -0.497 e. The third kappa shape index (κ3) is 2.84. The summed E-state index contributed by atoms with van der Waals surface area (Å²) in [6, 6.07) is 13.4. The molecule has 20 heavy (non-hydrogen) atoms. The minimum atomic E-state index is -3.59. The maximum absolute atomic E-state index is 12.4. The van der Waals surface area contributed by atoms with Crippen LogP contribution in [0.2, 0.25) is 0 Å². The summed E-state index contributed by atoms with van der Waals surface area (Å²) >= 11 is 0. The quantitative estimate of drug-likeness (QED) is 0.939. The summed E-state index contributed by atoms with van der Waals surface area (Å²) in [4.78, 5) is 0.228. The SMILES string of the molecule is COc1ccc(C(N)S(=O)(=O)c2ccc(C)cc2)cc1. The number of benzene rings is 2. The molecule has 0 saturated heterocycles. The van der Waals surface area contributed by atoms with E-state index >= 15 is 0 Å².